The van der Waals surface area contributed by atoms with Crippen molar-refractivity contribution in [3.63, 3.8) is 0 Å². The second kappa shape index (κ2) is 10.1. The maximum Gasteiger partial charge on any atom is 0.222 e. The third-order valence-corrected chi connectivity index (χ3v) is 4.90. The zero-order valence-electron chi connectivity index (χ0n) is 15.6. The van der Waals surface area contributed by atoms with Gasteiger partial charge in [0.15, 0.2) is 0 Å². The van der Waals surface area contributed by atoms with Crippen molar-refractivity contribution >= 4 is 5.91 Å². The monoisotopic (exact) mass is 370 g/mol. The highest BCUT2D eigenvalue weighted by Crippen LogP contribution is 2.11. The average Bonchev–Trinajstić information content (AvgIpc) is 2.72. The Labute approximate surface area is 160 Å². The van der Waals surface area contributed by atoms with Gasteiger partial charge in [-0.25, -0.2) is 4.39 Å². The number of hydrogen-bond donors (Lipinski definition) is 0. The van der Waals surface area contributed by atoms with Gasteiger partial charge in [0.2, 0.25) is 5.91 Å². The van der Waals surface area contributed by atoms with Crippen LogP contribution in [0.5, 0.6) is 5.75 Å². The first-order chi connectivity index (χ1) is 13.2. The zero-order valence-corrected chi connectivity index (χ0v) is 15.6. The minimum absolute atomic E-state index is 0.194. The molecule has 27 heavy (non-hydrogen) atoms. The van der Waals surface area contributed by atoms with E-state index in [9.17, 15) is 9.18 Å². The molecule has 0 spiro atoms. The molecule has 1 saturated heterocycles. The molecule has 4 nitrogen and oxygen atoms in total. The van der Waals surface area contributed by atoms with Gasteiger partial charge < -0.3 is 9.64 Å². The zero-order chi connectivity index (χ0) is 18.9. The number of rotatable bonds is 8. The molecule has 5 heteroatoms. The molecule has 0 bridgehead atoms. The van der Waals surface area contributed by atoms with Gasteiger partial charge >= 0.3 is 0 Å². The number of benzene rings is 2. The lowest BCUT2D eigenvalue weighted by atomic mass is 10.1. The van der Waals surface area contributed by atoms with Crippen LogP contribution in [0.15, 0.2) is 54.6 Å². The molecule has 144 valence electrons. The van der Waals surface area contributed by atoms with E-state index in [1.54, 1.807) is 0 Å². The predicted octanol–water partition coefficient (Wildman–Crippen LogP) is 3.37. The van der Waals surface area contributed by atoms with Crippen molar-refractivity contribution in [3.05, 3.63) is 66.0 Å². The molecule has 0 N–H and O–H groups in total. The van der Waals surface area contributed by atoms with Gasteiger partial charge in [-0.2, -0.15) is 0 Å². The van der Waals surface area contributed by atoms with E-state index < -0.39 is 0 Å². The molecule has 0 aromatic heterocycles. The lowest BCUT2D eigenvalue weighted by Crippen LogP contribution is -2.49. The fourth-order valence-corrected chi connectivity index (χ4v) is 3.25. The number of hydrogen-bond acceptors (Lipinski definition) is 3. The van der Waals surface area contributed by atoms with Crippen molar-refractivity contribution in [1.82, 2.24) is 9.80 Å². The van der Waals surface area contributed by atoms with E-state index in [1.165, 1.54) is 12.1 Å². The quantitative estimate of drug-likeness (QED) is 0.668. The van der Waals surface area contributed by atoms with E-state index in [1.807, 2.05) is 47.4 Å². The first-order valence-electron chi connectivity index (χ1n) is 9.63. The molecule has 0 aliphatic carbocycles. The fourth-order valence-electron chi connectivity index (χ4n) is 3.25. The van der Waals surface area contributed by atoms with Crippen molar-refractivity contribution < 1.29 is 13.9 Å². The molecule has 1 amide bonds. The van der Waals surface area contributed by atoms with Gasteiger partial charge in [-0.05, 0) is 42.7 Å². The standard InChI is InChI=1S/C22H27FN2O2/c23-20-10-8-19(9-11-20)12-13-24-14-16-25(17-15-24)22(26)7-4-18-27-21-5-2-1-3-6-21/h1-3,5-6,8-11H,4,7,12-18H2. The molecular formula is C22H27FN2O2. The van der Waals surface area contributed by atoms with Crippen molar-refractivity contribution in [3.8, 4) is 5.75 Å². The second-order valence-electron chi connectivity index (χ2n) is 6.86. The Morgan fingerprint density at radius 2 is 1.67 bits per heavy atom. The summed E-state index contributed by atoms with van der Waals surface area (Å²) in [6.45, 7) is 4.86. The van der Waals surface area contributed by atoms with E-state index in [4.69, 9.17) is 4.74 Å². The maximum atomic E-state index is 12.9. The highest BCUT2D eigenvalue weighted by molar-refractivity contribution is 5.76. The van der Waals surface area contributed by atoms with Crippen LogP contribution in [0.3, 0.4) is 0 Å². The Balaban J connectivity index is 1.30. The number of carbonyl (C=O) groups is 1. The van der Waals surface area contributed by atoms with E-state index in [0.717, 1.165) is 56.9 Å². The summed E-state index contributed by atoms with van der Waals surface area (Å²) in [6.07, 6.45) is 2.17. The molecule has 2 aromatic carbocycles. The number of halogens is 1. The first-order valence-corrected chi connectivity index (χ1v) is 9.63. The lowest BCUT2D eigenvalue weighted by Gasteiger charge is -2.34. The van der Waals surface area contributed by atoms with E-state index >= 15 is 0 Å². The van der Waals surface area contributed by atoms with Crippen LogP contribution >= 0.6 is 0 Å². The average molecular weight is 370 g/mol. The third kappa shape index (κ3) is 6.36. The Kier molecular flexibility index (Phi) is 7.22. The van der Waals surface area contributed by atoms with Gasteiger partial charge in [-0.1, -0.05) is 30.3 Å². The summed E-state index contributed by atoms with van der Waals surface area (Å²) in [6, 6.07) is 16.4. The number of piperazine rings is 1. The van der Waals surface area contributed by atoms with Crippen LogP contribution in [0.2, 0.25) is 0 Å². The largest absolute Gasteiger partial charge is 0.494 e. The molecule has 2 aromatic rings. The van der Waals surface area contributed by atoms with E-state index in [-0.39, 0.29) is 11.7 Å². The second-order valence-corrected chi connectivity index (χ2v) is 6.86. The Morgan fingerprint density at radius 1 is 0.963 bits per heavy atom. The van der Waals surface area contributed by atoms with Gasteiger partial charge in [0.05, 0.1) is 6.61 Å². The number of nitrogens with zero attached hydrogens (tertiary/aromatic N) is 2. The van der Waals surface area contributed by atoms with Gasteiger partial charge in [0, 0.05) is 39.1 Å². The molecule has 1 heterocycles. The van der Waals surface area contributed by atoms with Gasteiger partial charge in [0.1, 0.15) is 11.6 Å². The number of carbonyl (C=O) groups excluding carboxylic acids is 1. The minimum atomic E-state index is -0.194. The molecule has 3 rings (SSSR count). The van der Waals surface area contributed by atoms with Gasteiger partial charge in [-0.15, -0.1) is 0 Å². The summed E-state index contributed by atoms with van der Waals surface area (Å²) < 4.78 is 18.6. The Morgan fingerprint density at radius 3 is 2.37 bits per heavy atom. The van der Waals surface area contributed by atoms with Crippen molar-refractivity contribution in [1.29, 1.82) is 0 Å². The summed E-state index contributed by atoms with van der Waals surface area (Å²) in [5.74, 6) is 0.865. The maximum absolute atomic E-state index is 12.9. The Hall–Kier alpha value is -2.40. The van der Waals surface area contributed by atoms with Crippen LogP contribution in [-0.2, 0) is 11.2 Å². The number of para-hydroxylation sites is 1. The number of amides is 1. The molecule has 0 saturated carbocycles. The molecule has 1 aliphatic heterocycles. The predicted molar refractivity (Wildman–Crippen MR) is 104 cm³/mol. The van der Waals surface area contributed by atoms with Crippen LogP contribution in [0, 0.1) is 5.82 Å². The first kappa shape index (κ1) is 19.4. The molecular weight excluding hydrogens is 343 g/mol. The third-order valence-electron chi connectivity index (χ3n) is 4.90. The summed E-state index contributed by atoms with van der Waals surface area (Å²) in [5.41, 5.74) is 1.15. The van der Waals surface area contributed by atoms with Crippen molar-refractivity contribution in [2.45, 2.75) is 19.3 Å². The summed E-state index contributed by atoms with van der Waals surface area (Å²) in [4.78, 5) is 16.7. The van der Waals surface area contributed by atoms with Gasteiger partial charge in [-0.3, -0.25) is 9.69 Å². The van der Waals surface area contributed by atoms with Crippen LogP contribution in [-0.4, -0.2) is 55.0 Å². The van der Waals surface area contributed by atoms with Crippen molar-refractivity contribution in [2.24, 2.45) is 0 Å². The smallest absolute Gasteiger partial charge is 0.222 e. The van der Waals surface area contributed by atoms with Crippen LogP contribution in [0.25, 0.3) is 0 Å². The molecule has 0 radical (unpaired) electrons. The SMILES string of the molecule is O=C(CCCOc1ccccc1)N1CCN(CCc2ccc(F)cc2)CC1. The molecule has 0 atom stereocenters. The van der Waals surface area contributed by atoms with E-state index in [2.05, 4.69) is 4.90 Å². The lowest BCUT2D eigenvalue weighted by molar-refractivity contribution is -0.133. The highest BCUT2D eigenvalue weighted by atomic mass is 19.1. The summed E-state index contributed by atoms with van der Waals surface area (Å²) in [7, 11) is 0. The van der Waals surface area contributed by atoms with Crippen LogP contribution in [0.1, 0.15) is 18.4 Å². The topological polar surface area (TPSA) is 32.8 Å². The highest BCUT2D eigenvalue weighted by Gasteiger charge is 2.20. The fraction of sp³-hybridized carbons (Fsp3) is 0.409. The number of ether oxygens (including phenoxy) is 1. The molecule has 1 fully saturated rings. The van der Waals surface area contributed by atoms with Crippen molar-refractivity contribution in [2.75, 3.05) is 39.3 Å². The van der Waals surface area contributed by atoms with E-state index in [0.29, 0.717) is 13.0 Å². The van der Waals surface area contributed by atoms with Crippen LogP contribution in [0.4, 0.5) is 4.39 Å². The molecule has 0 unspecified atom stereocenters. The summed E-state index contributed by atoms with van der Waals surface area (Å²) >= 11 is 0. The normalized spacial score (nSPS) is 14.9. The minimum Gasteiger partial charge on any atom is -0.494 e. The van der Waals surface area contributed by atoms with Gasteiger partial charge in [0.25, 0.3) is 0 Å². The summed E-state index contributed by atoms with van der Waals surface area (Å²) in [5, 5.41) is 0. The van der Waals surface area contributed by atoms with Crippen LogP contribution < -0.4 is 4.74 Å². The molecule has 1 aliphatic rings. The Bertz CT molecular complexity index is 698.